The van der Waals surface area contributed by atoms with Gasteiger partial charge in [0.05, 0.1) is 17.4 Å². The minimum atomic E-state index is -0.123. The Morgan fingerprint density at radius 3 is 2.90 bits per heavy atom. The van der Waals surface area contributed by atoms with Crippen LogP contribution in [-0.2, 0) is 6.54 Å². The van der Waals surface area contributed by atoms with Crippen molar-refractivity contribution in [3.05, 3.63) is 34.6 Å². The molecule has 0 atom stereocenters. The normalized spacial score (nSPS) is 23.1. The average Bonchev–Trinajstić information content (AvgIpc) is 2.47. The summed E-state index contributed by atoms with van der Waals surface area (Å²) in [5.74, 6) is 0. The number of hydrogen-bond donors (Lipinski definition) is 3. The fourth-order valence-corrected chi connectivity index (χ4v) is 2.75. The second kappa shape index (κ2) is 5.68. The third kappa shape index (κ3) is 2.71. The van der Waals surface area contributed by atoms with Crippen molar-refractivity contribution in [3.63, 3.8) is 0 Å². The maximum Gasteiger partial charge on any atom is 0.258 e. The summed E-state index contributed by atoms with van der Waals surface area (Å²) in [7, 11) is 0. The number of aromatic nitrogens is 3. The molecule has 1 aliphatic rings. The Morgan fingerprint density at radius 2 is 2.10 bits per heavy atom. The molecule has 1 fully saturated rings. The van der Waals surface area contributed by atoms with E-state index in [1.165, 1.54) is 6.33 Å². The van der Waals surface area contributed by atoms with Crippen LogP contribution in [0.3, 0.4) is 0 Å². The van der Waals surface area contributed by atoms with Crippen LogP contribution in [0.15, 0.2) is 23.4 Å². The molecule has 0 amide bonds. The van der Waals surface area contributed by atoms with Gasteiger partial charge in [-0.25, -0.2) is 4.98 Å². The van der Waals surface area contributed by atoms with Crippen LogP contribution in [0.1, 0.15) is 31.4 Å². The van der Waals surface area contributed by atoms with Crippen LogP contribution in [0.2, 0.25) is 0 Å². The second-order valence-corrected chi connectivity index (χ2v) is 5.38. The molecule has 3 rings (SSSR count). The summed E-state index contributed by atoms with van der Waals surface area (Å²) in [5, 5.41) is 4.09. The molecule has 0 radical (unpaired) electrons. The van der Waals surface area contributed by atoms with Gasteiger partial charge in [0.2, 0.25) is 0 Å². The number of fused-ring (bicyclic) bond motifs is 1. The fraction of sp³-hybridized carbons (Fsp3) is 0.500. The van der Waals surface area contributed by atoms with Crippen LogP contribution in [0, 0.1) is 0 Å². The zero-order chi connectivity index (χ0) is 13.9. The Bertz CT molecular complexity index is 645. The summed E-state index contributed by atoms with van der Waals surface area (Å²) in [6.45, 7) is 0.633. The van der Waals surface area contributed by atoms with Gasteiger partial charge < -0.3 is 16.0 Å². The lowest BCUT2D eigenvalue weighted by Gasteiger charge is -2.26. The summed E-state index contributed by atoms with van der Waals surface area (Å²) in [4.78, 5) is 22.9. The summed E-state index contributed by atoms with van der Waals surface area (Å²) in [6.07, 6.45) is 7.42. The van der Waals surface area contributed by atoms with Gasteiger partial charge >= 0.3 is 0 Å². The quantitative estimate of drug-likeness (QED) is 0.764. The third-order valence-electron chi connectivity index (χ3n) is 3.96. The zero-order valence-corrected chi connectivity index (χ0v) is 11.3. The molecule has 4 N–H and O–H groups in total. The lowest BCUT2D eigenvalue weighted by molar-refractivity contribution is 0.341. The van der Waals surface area contributed by atoms with Crippen LogP contribution in [-0.4, -0.2) is 27.0 Å². The lowest BCUT2D eigenvalue weighted by Crippen LogP contribution is -2.37. The summed E-state index contributed by atoms with van der Waals surface area (Å²) in [6, 6.07) is 2.53. The highest BCUT2D eigenvalue weighted by Gasteiger charge is 2.18. The van der Waals surface area contributed by atoms with E-state index in [0.29, 0.717) is 29.5 Å². The molecule has 0 aliphatic heterocycles. The van der Waals surface area contributed by atoms with Crippen molar-refractivity contribution < 1.29 is 0 Å². The SMILES string of the molecule is NC1CCC(NCc2nccc3c(=O)[nH]cnc23)CC1. The topological polar surface area (TPSA) is 96.7 Å². The molecule has 1 saturated carbocycles. The summed E-state index contributed by atoms with van der Waals surface area (Å²) in [5.41, 5.74) is 7.28. The molecule has 6 nitrogen and oxygen atoms in total. The van der Waals surface area contributed by atoms with Gasteiger partial charge in [0.25, 0.3) is 5.56 Å². The van der Waals surface area contributed by atoms with Gasteiger partial charge in [-0.2, -0.15) is 0 Å². The molecule has 6 heteroatoms. The first kappa shape index (κ1) is 13.2. The first-order chi connectivity index (χ1) is 9.74. The van der Waals surface area contributed by atoms with Gasteiger partial charge in [0.15, 0.2) is 0 Å². The van der Waals surface area contributed by atoms with E-state index in [9.17, 15) is 4.79 Å². The van der Waals surface area contributed by atoms with Gasteiger partial charge in [0.1, 0.15) is 5.52 Å². The number of rotatable bonds is 3. The van der Waals surface area contributed by atoms with Gasteiger partial charge in [-0.1, -0.05) is 0 Å². The average molecular weight is 273 g/mol. The maximum atomic E-state index is 11.7. The number of nitrogens with zero attached hydrogens (tertiary/aromatic N) is 2. The van der Waals surface area contributed by atoms with Crippen LogP contribution >= 0.6 is 0 Å². The van der Waals surface area contributed by atoms with Crippen LogP contribution < -0.4 is 16.6 Å². The molecule has 0 spiro atoms. The first-order valence-corrected chi connectivity index (χ1v) is 7.04. The number of nitrogens with one attached hydrogen (secondary N) is 2. The minimum absolute atomic E-state index is 0.123. The zero-order valence-electron chi connectivity index (χ0n) is 11.3. The third-order valence-corrected chi connectivity index (χ3v) is 3.96. The van der Waals surface area contributed by atoms with Gasteiger partial charge in [0, 0.05) is 24.8 Å². The largest absolute Gasteiger partial charge is 0.328 e. The molecule has 1 aliphatic carbocycles. The van der Waals surface area contributed by atoms with Gasteiger partial charge in [-0.15, -0.1) is 0 Å². The van der Waals surface area contributed by atoms with Crippen molar-refractivity contribution in [1.29, 1.82) is 0 Å². The van der Waals surface area contributed by atoms with E-state index in [2.05, 4.69) is 20.3 Å². The number of nitrogens with two attached hydrogens (primary N) is 1. The highest BCUT2D eigenvalue weighted by molar-refractivity contribution is 5.78. The number of aromatic amines is 1. The van der Waals surface area contributed by atoms with E-state index < -0.39 is 0 Å². The van der Waals surface area contributed by atoms with E-state index in [1.807, 2.05) is 0 Å². The Kier molecular flexibility index (Phi) is 3.75. The number of hydrogen-bond acceptors (Lipinski definition) is 5. The van der Waals surface area contributed by atoms with Crippen molar-refractivity contribution in [2.75, 3.05) is 0 Å². The smallest absolute Gasteiger partial charge is 0.258 e. The molecule has 2 aromatic heterocycles. The molecule has 0 saturated heterocycles. The van der Waals surface area contributed by atoms with E-state index in [1.54, 1.807) is 12.3 Å². The van der Waals surface area contributed by atoms with Crippen molar-refractivity contribution >= 4 is 10.9 Å². The van der Waals surface area contributed by atoms with Crippen molar-refractivity contribution in [1.82, 2.24) is 20.3 Å². The Hall–Kier alpha value is -1.79. The number of pyridine rings is 1. The van der Waals surface area contributed by atoms with E-state index in [0.717, 1.165) is 31.4 Å². The first-order valence-electron chi connectivity index (χ1n) is 7.04. The van der Waals surface area contributed by atoms with Crippen molar-refractivity contribution in [2.45, 2.75) is 44.3 Å². The molecule has 2 heterocycles. The Labute approximate surface area is 116 Å². The van der Waals surface area contributed by atoms with Crippen LogP contribution in [0.4, 0.5) is 0 Å². The van der Waals surface area contributed by atoms with Crippen molar-refractivity contribution in [3.8, 4) is 0 Å². The predicted molar refractivity (Wildman–Crippen MR) is 77.2 cm³/mol. The molecule has 0 bridgehead atoms. The van der Waals surface area contributed by atoms with E-state index >= 15 is 0 Å². The Balaban J connectivity index is 1.75. The van der Waals surface area contributed by atoms with Crippen LogP contribution in [0.5, 0.6) is 0 Å². The van der Waals surface area contributed by atoms with E-state index in [-0.39, 0.29) is 5.56 Å². The molecular weight excluding hydrogens is 254 g/mol. The standard InChI is InChI=1S/C14H19N5O/c15-9-1-3-10(4-2-9)17-7-12-13-11(5-6-16-12)14(20)19-8-18-13/h5-6,8-10,17H,1-4,7,15H2,(H,18,19,20). The number of H-pyrrole nitrogens is 1. The fourth-order valence-electron chi connectivity index (χ4n) is 2.75. The molecule has 0 unspecified atom stereocenters. The summed E-state index contributed by atoms with van der Waals surface area (Å²) < 4.78 is 0. The molecule has 2 aromatic rings. The van der Waals surface area contributed by atoms with Crippen LogP contribution in [0.25, 0.3) is 10.9 Å². The molecule has 20 heavy (non-hydrogen) atoms. The minimum Gasteiger partial charge on any atom is -0.328 e. The summed E-state index contributed by atoms with van der Waals surface area (Å²) >= 11 is 0. The second-order valence-electron chi connectivity index (χ2n) is 5.38. The monoisotopic (exact) mass is 273 g/mol. The Morgan fingerprint density at radius 1 is 1.30 bits per heavy atom. The highest BCUT2D eigenvalue weighted by Crippen LogP contribution is 2.18. The van der Waals surface area contributed by atoms with Gasteiger partial charge in [-0.05, 0) is 31.7 Å². The molecule has 0 aromatic carbocycles. The highest BCUT2D eigenvalue weighted by atomic mass is 16.1. The van der Waals surface area contributed by atoms with Gasteiger partial charge in [-0.3, -0.25) is 9.78 Å². The lowest BCUT2D eigenvalue weighted by atomic mass is 9.92. The molecule has 106 valence electrons. The molecular formula is C14H19N5O. The maximum absolute atomic E-state index is 11.7. The van der Waals surface area contributed by atoms with E-state index in [4.69, 9.17) is 5.73 Å². The predicted octanol–water partition coefficient (Wildman–Crippen LogP) is 0.678. The van der Waals surface area contributed by atoms with Crippen molar-refractivity contribution in [2.24, 2.45) is 5.73 Å².